The molecule has 1 aliphatic rings. The molecule has 2 atom stereocenters. The topological polar surface area (TPSA) is 0 Å². The molecule has 0 amide bonds. The number of rotatable bonds is 12. The maximum atomic E-state index is 2.91. The SMILES string of the molecule is CCCC1=C(CC)[C@](CCC)(B(CC)CC)[Sn]([CH3])([CH3])[C@]1(CC)B(CC)CC. The summed E-state index contributed by atoms with van der Waals surface area (Å²) in [5.74, 6) is 0. The molecule has 0 fully saturated rings. The monoisotopic (exact) mass is 480 g/mol. The summed E-state index contributed by atoms with van der Waals surface area (Å²) >= 11 is -2.58. The van der Waals surface area contributed by atoms with E-state index in [2.05, 4.69) is 65.3 Å². The van der Waals surface area contributed by atoms with Gasteiger partial charge in [-0.1, -0.05) is 0 Å². The van der Waals surface area contributed by atoms with Gasteiger partial charge >= 0.3 is 179 Å². The predicted molar refractivity (Wildman–Crippen MR) is 134 cm³/mol. The van der Waals surface area contributed by atoms with Crippen LogP contribution in [0.5, 0.6) is 0 Å². The first kappa shape index (κ1) is 25.7. The summed E-state index contributed by atoms with van der Waals surface area (Å²) in [6, 6.07) is 0. The Hall–Kier alpha value is 0.669. The number of hydrogen-bond acceptors (Lipinski definition) is 0. The fourth-order valence-electron chi connectivity index (χ4n) is 8.33. The van der Waals surface area contributed by atoms with E-state index >= 15 is 0 Å². The van der Waals surface area contributed by atoms with Crippen molar-refractivity contribution in [2.24, 2.45) is 0 Å². The molecule has 1 heterocycles. The first-order valence-corrected chi connectivity index (χ1v) is 21.1. The summed E-state index contributed by atoms with van der Waals surface area (Å²) < 4.78 is 1.20. The quantitative estimate of drug-likeness (QED) is 0.194. The van der Waals surface area contributed by atoms with Crippen LogP contribution in [0.1, 0.15) is 93.9 Å². The second-order valence-electron chi connectivity index (χ2n) is 9.76. The molecule has 3 heteroatoms. The van der Waals surface area contributed by atoms with Gasteiger partial charge in [0.25, 0.3) is 0 Å². The van der Waals surface area contributed by atoms with Crippen LogP contribution in [-0.4, -0.2) is 31.8 Å². The van der Waals surface area contributed by atoms with Gasteiger partial charge in [0.1, 0.15) is 0 Å². The van der Waals surface area contributed by atoms with Crippen LogP contribution in [0.2, 0.25) is 41.8 Å². The summed E-state index contributed by atoms with van der Waals surface area (Å²) in [5, 5.41) is 0. The van der Waals surface area contributed by atoms with E-state index in [0.29, 0.717) is 6.66 Å². The second-order valence-corrected chi connectivity index (χ2v) is 24.1. The predicted octanol–water partition coefficient (Wildman–Crippen LogP) is 9.05. The van der Waals surface area contributed by atoms with Crippen LogP contribution in [0.15, 0.2) is 11.1 Å². The summed E-state index contributed by atoms with van der Waals surface area (Å²) in [7, 11) is 0. The van der Waals surface area contributed by atoms with E-state index in [4.69, 9.17) is 0 Å². The average molecular weight is 479 g/mol. The zero-order chi connectivity index (χ0) is 20.9. The molecule has 1 rings (SSSR count). The second kappa shape index (κ2) is 10.6. The molecule has 27 heavy (non-hydrogen) atoms. The third kappa shape index (κ3) is 3.65. The van der Waals surface area contributed by atoms with Gasteiger partial charge in [-0.15, -0.1) is 0 Å². The molecule has 0 saturated carbocycles. The summed E-state index contributed by atoms with van der Waals surface area (Å²) in [4.78, 5) is 5.81. The van der Waals surface area contributed by atoms with Gasteiger partial charge < -0.3 is 0 Å². The van der Waals surface area contributed by atoms with Crippen LogP contribution in [0.4, 0.5) is 0 Å². The van der Waals surface area contributed by atoms with E-state index in [9.17, 15) is 0 Å². The summed E-state index contributed by atoms with van der Waals surface area (Å²) in [6.45, 7) is 21.7. The molecule has 0 spiro atoms. The van der Waals surface area contributed by atoms with Crippen molar-refractivity contribution in [3.63, 3.8) is 0 Å². The molecule has 0 aromatic carbocycles. The van der Waals surface area contributed by atoms with Crippen molar-refractivity contribution in [1.29, 1.82) is 0 Å². The van der Waals surface area contributed by atoms with Crippen molar-refractivity contribution >= 4 is 31.8 Å². The summed E-state index contributed by atoms with van der Waals surface area (Å²) in [5.41, 5.74) is 4.00. The molecule has 0 aromatic heterocycles. The van der Waals surface area contributed by atoms with Gasteiger partial charge in [0.05, 0.1) is 0 Å². The molecule has 0 radical (unpaired) electrons. The van der Waals surface area contributed by atoms with Crippen LogP contribution >= 0.6 is 0 Å². The average Bonchev–Trinajstić information content (AvgIpc) is 2.81. The molecule has 0 unspecified atom stereocenters. The van der Waals surface area contributed by atoms with Crippen LogP contribution in [0.3, 0.4) is 0 Å². The van der Waals surface area contributed by atoms with Crippen molar-refractivity contribution in [3.05, 3.63) is 11.1 Å². The van der Waals surface area contributed by atoms with Gasteiger partial charge in [0, 0.05) is 0 Å². The van der Waals surface area contributed by atoms with Crippen molar-refractivity contribution < 1.29 is 0 Å². The van der Waals surface area contributed by atoms with E-state index < -0.39 is 18.4 Å². The third-order valence-corrected chi connectivity index (χ3v) is 27.6. The first-order valence-electron chi connectivity index (χ1n) is 12.5. The Morgan fingerprint density at radius 3 is 1.48 bits per heavy atom. The number of allylic oxidation sites excluding steroid dienone is 2. The standard InChI is InChI=1S/C22H44B2.2CH3.Sn/c1-9-17-20(21(12-4)23(13-5)14-6)19(11-3)22(18-10-2)24(15-7)16-8;;;/h9-18H2,1-8H3;2*1H3;. The minimum absolute atomic E-state index is 0.595. The first-order chi connectivity index (χ1) is 12.8. The fraction of sp³-hybridized carbons (Fsp3) is 0.917. The Balaban J connectivity index is 3.99. The van der Waals surface area contributed by atoms with Gasteiger partial charge in [-0.05, 0) is 0 Å². The Kier molecular flexibility index (Phi) is 10.1. The molecule has 0 nitrogen and oxygen atoms in total. The molecule has 0 saturated heterocycles. The Bertz CT molecular complexity index is 491. The van der Waals surface area contributed by atoms with E-state index in [-0.39, 0.29) is 0 Å². The van der Waals surface area contributed by atoms with Crippen LogP contribution in [0, 0.1) is 0 Å². The van der Waals surface area contributed by atoms with Crippen LogP contribution in [-0.2, 0) is 0 Å². The summed E-state index contributed by atoms with van der Waals surface area (Å²) in [6.07, 6.45) is 13.8. The van der Waals surface area contributed by atoms with Gasteiger partial charge in [0.15, 0.2) is 0 Å². The van der Waals surface area contributed by atoms with Gasteiger partial charge in [-0.25, -0.2) is 0 Å². The molecule has 0 bridgehead atoms. The Labute approximate surface area is 178 Å². The van der Waals surface area contributed by atoms with E-state index in [1.54, 1.807) is 0 Å². The molecule has 0 N–H and O–H groups in total. The van der Waals surface area contributed by atoms with Crippen molar-refractivity contribution in [1.82, 2.24) is 0 Å². The normalized spacial score (nSPS) is 27.3. The molecule has 156 valence electrons. The third-order valence-electron chi connectivity index (χ3n) is 9.09. The van der Waals surface area contributed by atoms with Crippen molar-refractivity contribution in [2.45, 2.75) is 136 Å². The van der Waals surface area contributed by atoms with Gasteiger partial charge in [-0.3, -0.25) is 0 Å². The Morgan fingerprint density at radius 1 is 0.667 bits per heavy atom. The zero-order valence-electron chi connectivity index (χ0n) is 20.7. The molecule has 1 aliphatic heterocycles. The van der Waals surface area contributed by atoms with Crippen molar-refractivity contribution in [2.75, 3.05) is 0 Å². The zero-order valence-corrected chi connectivity index (χ0v) is 23.6. The molecule has 0 aliphatic carbocycles. The molecular weight excluding hydrogens is 429 g/mol. The molecular formula is C24H50B2Sn. The minimum atomic E-state index is -2.58. The van der Waals surface area contributed by atoms with E-state index in [1.807, 2.05) is 11.1 Å². The van der Waals surface area contributed by atoms with Crippen LogP contribution < -0.4 is 0 Å². The van der Waals surface area contributed by atoms with E-state index in [0.717, 1.165) is 13.4 Å². The molecule has 0 aromatic rings. The van der Waals surface area contributed by atoms with Crippen molar-refractivity contribution in [3.8, 4) is 0 Å². The fourth-order valence-corrected chi connectivity index (χ4v) is 29.8. The van der Waals surface area contributed by atoms with Gasteiger partial charge in [0.2, 0.25) is 0 Å². The number of hydrogen-bond donors (Lipinski definition) is 0. The van der Waals surface area contributed by atoms with Crippen LogP contribution in [0.25, 0.3) is 0 Å². The van der Waals surface area contributed by atoms with E-state index in [1.165, 1.54) is 63.8 Å². The maximum absolute atomic E-state index is 2.91. The van der Waals surface area contributed by atoms with Gasteiger partial charge in [-0.2, -0.15) is 0 Å². The Morgan fingerprint density at radius 2 is 1.15 bits per heavy atom.